The Morgan fingerprint density at radius 1 is 1.00 bits per heavy atom. The number of carboxylic acid groups (broad SMARTS) is 1. The van der Waals surface area contributed by atoms with E-state index in [0.717, 1.165) is 31.6 Å². The minimum Gasteiger partial charge on any atom is -0.478 e. The molecule has 1 aromatic rings. The molecule has 142 valence electrons. The average molecular weight is 368 g/mol. The van der Waals surface area contributed by atoms with Crippen LogP contribution in [0.4, 0.5) is 11.4 Å². The minimum atomic E-state index is -1.06. The standard InChI is InChI=1S/C21H24N2O4/c1-13-8-10-22(11-9-13)17-7-6-14(21(26)27)12-18(17)23-19(24)15-4-2-3-5-16(15)20(23)25/h2-3,6-7,12-13,15-16H,4-5,8-11H2,1H3,(H,26,27). The zero-order valence-electron chi connectivity index (χ0n) is 15.4. The number of allylic oxidation sites excluding steroid dienone is 2. The van der Waals surface area contributed by atoms with Crippen molar-refractivity contribution < 1.29 is 19.5 Å². The highest BCUT2D eigenvalue weighted by Crippen LogP contribution is 2.42. The van der Waals surface area contributed by atoms with E-state index in [2.05, 4.69) is 11.8 Å². The van der Waals surface area contributed by atoms with Gasteiger partial charge < -0.3 is 10.0 Å². The molecule has 0 bridgehead atoms. The molecule has 2 fully saturated rings. The molecule has 2 saturated heterocycles. The second kappa shape index (κ2) is 6.83. The first-order valence-corrected chi connectivity index (χ1v) is 9.62. The number of benzene rings is 1. The molecule has 2 unspecified atom stereocenters. The Morgan fingerprint density at radius 2 is 1.59 bits per heavy atom. The number of carbonyl (C=O) groups excluding carboxylic acids is 2. The summed E-state index contributed by atoms with van der Waals surface area (Å²) >= 11 is 0. The van der Waals surface area contributed by atoms with Gasteiger partial charge in [-0.15, -0.1) is 0 Å². The lowest BCUT2D eigenvalue weighted by Crippen LogP contribution is -2.37. The van der Waals surface area contributed by atoms with Crippen molar-refractivity contribution in [3.63, 3.8) is 0 Å². The molecule has 3 aliphatic rings. The van der Waals surface area contributed by atoms with Gasteiger partial charge in [-0.2, -0.15) is 0 Å². The van der Waals surface area contributed by atoms with Crippen molar-refractivity contribution in [3.05, 3.63) is 35.9 Å². The third-order valence-corrected chi connectivity index (χ3v) is 6.10. The molecule has 2 amide bonds. The fraction of sp³-hybridized carbons (Fsp3) is 0.476. The zero-order chi connectivity index (χ0) is 19.1. The molecule has 4 rings (SSSR count). The lowest BCUT2D eigenvalue weighted by molar-refractivity contribution is -0.122. The largest absolute Gasteiger partial charge is 0.478 e. The van der Waals surface area contributed by atoms with Crippen LogP contribution in [0.3, 0.4) is 0 Å². The maximum atomic E-state index is 13.0. The van der Waals surface area contributed by atoms with Crippen LogP contribution in [0.2, 0.25) is 0 Å². The number of hydrogen-bond donors (Lipinski definition) is 1. The highest BCUT2D eigenvalue weighted by atomic mass is 16.4. The number of nitrogens with zero attached hydrogens (tertiary/aromatic N) is 2. The van der Waals surface area contributed by atoms with Crippen LogP contribution in [0.25, 0.3) is 0 Å². The van der Waals surface area contributed by atoms with Crippen LogP contribution in [-0.4, -0.2) is 36.0 Å². The normalized spacial score (nSPS) is 25.8. The summed E-state index contributed by atoms with van der Waals surface area (Å²) < 4.78 is 0. The average Bonchev–Trinajstić information content (AvgIpc) is 2.93. The number of imide groups is 1. The van der Waals surface area contributed by atoms with Gasteiger partial charge in [0.05, 0.1) is 28.8 Å². The number of rotatable bonds is 3. The van der Waals surface area contributed by atoms with E-state index in [9.17, 15) is 19.5 Å². The van der Waals surface area contributed by atoms with Crippen molar-refractivity contribution in [3.8, 4) is 0 Å². The second-order valence-electron chi connectivity index (χ2n) is 7.85. The minimum absolute atomic E-state index is 0.0905. The highest BCUT2D eigenvalue weighted by molar-refractivity contribution is 6.23. The van der Waals surface area contributed by atoms with Gasteiger partial charge in [0.15, 0.2) is 0 Å². The Labute approximate surface area is 158 Å². The van der Waals surface area contributed by atoms with Gasteiger partial charge >= 0.3 is 5.97 Å². The van der Waals surface area contributed by atoms with E-state index in [1.165, 1.54) is 11.0 Å². The number of anilines is 2. The van der Waals surface area contributed by atoms with Gasteiger partial charge in [-0.05, 0) is 49.8 Å². The number of fused-ring (bicyclic) bond motifs is 1. The van der Waals surface area contributed by atoms with Gasteiger partial charge in [-0.25, -0.2) is 9.69 Å². The molecule has 0 aromatic heterocycles. The maximum absolute atomic E-state index is 13.0. The third kappa shape index (κ3) is 3.03. The van der Waals surface area contributed by atoms with Crippen LogP contribution in [0.15, 0.2) is 30.4 Å². The first-order valence-electron chi connectivity index (χ1n) is 9.62. The molecular weight excluding hydrogens is 344 g/mol. The summed E-state index contributed by atoms with van der Waals surface area (Å²) in [6.45, 7) is 3.90. The fourth-order valence-corrected chi connectivity index (χ4v) is 4.39. The summed E-state index contributed by atoms with van der Waals surface area (Å²) in [7, 11) is 0. The molecule has 1 aromatic carbocycles. The Kier molecular flexibility index (Phi) is 4.50. The molecule has 6 nitrogen and oxygen atoms in total. The number of amides is 2. The van der Waals surface area contributed by atoms with Crippen LogP contribution >= 0.6 is 0 Å². The quantitative estimate of drug-likeness (QED) is 0.655. The number of aromatic carboxylic acids is 1. The lowest BCUT2D eigenvalue weighted by Gasteiger charge is -2.34. The van der Waals surface area contributed by atoms with E-state index in [-0.39, 0.29) is 29.2 Å². The Bertz CT molecular complexity index is 797. The van der Waals surface area contributed by atoms with Gasteiger partial charge in [-0.3, -0.25) is 9.59 Å². The molecule has 2 heterocycles. The van der Waals surface area contributed by atoms with Crippen molar-refractivity contribution in [1.29, 1.82) is 0 Å². The van der Waals surface area contributed by atoms with Crippen molar-refractivity contribution in [2.75, 3.05) is 22.9 Å². The van der Waals surface area contributed by atoms with Crippen LogP contribution in [-0.2, 0) is 9.59 Å². The second-order valence-corrected chi connectivity index (χ2v) is 7.85. The maximum Gasteiger partial charge on any atom is 0.335 e. The van der Waals surface area contributed by atoms with Crippen molar-refractivity contribution in [2.24, 2.45) is 17.8 Å². The van der Waals surface area contributed by atoms with E-state index in [0.29, 0.717) is 24.4 Å². The zero-order valence-corrected chi connectivity index (χ0v) is 15.4. The van der Waals surface area contributed by atoms with Gasteiger partial charge in [-0.1, -0.05) is 19.1 Å². The molecule has 2 aliphatic heterocycles. The molecular formula is C21H24N2O4. The first-order chi connectivity index (χ1) is 13.0. The summed E-state index contributed by atoms with van der Waals surface area (Å²) in [4.78, 5) is 41.0. The number of hydrogen-bond acceptors (Lipinski definition) is 4. The van der Waals surface area contributed by atoms with E-state index in [1.54, 1.807) is 12.1 Å². The van der Waals surface area contributed by atoms with E-state index >= 15 is 0 Å². The van der Waals surface area contributed by atoms with Crippen LogP contribution in [0.1, 0.15) is 43.0 Å². The summed E-state index contributed by atoms with van der Waals surface area (Å²) in [5, 5.41) is 9.41. The Hall–Kier alpha value is -2.63. The van der Waals surface area contributed by atoms with E-state index < -0.39 is 5.97 Å². The smallest absolute Gasteiger partial charge is 0.335 e. The predicted octanol–water partition coefficient (Wildman–Crippen LogP) is 3.08. The fourth-order valence-electron chi connectivity index (χ4n) is 4.39. The van der Waals surface area contributed by atoms with Crippen LogP contribution < -0.4 is 9.80 Å². The Morgan fingerprint density at radius 3 is 2.15 bits per heavy atom. The van der Waals surface area contributed by atoms with Gasteiger partial charge in [0.25, 0.3) is 0 Å². The predicted molar refractivity (Wildman–Crippen MR) is 102 cm³/mol. The Balaban J connectivity index is 1.76. The van der Waals surface area contributed by atoms with Crippen LogP contribution in [0, 0.1) is 17.8 Å². The van der Waals surface area contributed by atoms with Crippen molar-refractivity contribution in [1.82, 2.24) is 0 Å². The monoisotopic (exact) mass is 368 g/mol. The molecule has 6 heteroatoms. The molecule has 0 saturated carbocycles. The van der Waals surface area contributed by atoms with E-state index in [1.807, 2.05) is 12.2 Å². The van der Waals surface area contributed by atoms with Gasteiger partial charge in [0.2, 0.25) is 11.8 Å². The number of piperidine rings is 1. The summed E-state index contributed by atoms with van der Waals surface area (Å²) in [5.74, 6) is -1.48. The van der Waals surface area contributed by atoms with E-state index in [4.69, 9.17) is 0 Å². The molecule has 0 spiro atoms. The molecule has 27 heavy (non-hydrogen) atoms. The molecule has 0 radical (unpaired) electrons. The molecule has 1 aliphatic carbocycles. The molecule has 1 N–H and O–H groups in total. The van der Waals surface area contributed by atoms with Crippen LogP contribution in [0.5, 0.6) is 0 Å². The lowest BCUT2D eigenvalue weighted by atomic mass is 9.85. The molecule has 2 atom stereocenters. The third-order valence-electron chi connectivity index (χ3n) is 6.10. The summed E-state index contributed by atoms with van der Waals surface area (Å²) in [6, 6.07) is 4.78. The van der Waals surface area contributed by atoms with Gasteiger partial charge in [0, 0.05) is 13.1 Å². The summed E-state index contributed by atoms with van der Waals surface area (Å²) in [5.41, 5.74) is 1.29. The van der Waals surface area contributed by atoms with Gasteiger partial charge in [0.1, 0.15) is 0 Å². The summed E-state index contributed by atoms with van der Waals surface area (Å²) in [6.07, 6.45) is 7.13. The number of carboxylic acids is 1. The highest BCUT2D eigenvalue weighted by Gasteiger charge is 2.48. The van der Waals surface area contributed by atoms with Crippen molar-refractivity contribution in [2.45, 2.75) is 32.6 Å². The topological polar surface area (TPSA) is 77.9 Å². The van der Waals surface area contributed by atoms with Crippen molar-refractivity contribution >= 4 is 29.2 Å². The number of carbonyl (C=O) groups is 3. The SMILES string of the molecule is CC1CCN(c2ccc(C(=O)O)cc2N2C(=O)C3CC=CCC3C2=O)CC1. The first kappa shape index (κ1) is 17.8.